The molecule has 9 nitrogen and oxygen atoms in total. The van der Waals surface area contributed by atoms with Crippen LogP contribution in [0.1, 0.15) is 33.3 Å². The van der Waals surface area contributed by atoms with Gasteiger partial charge in [0, 0.05) is 22.8 Å². The van der Waals surface area contributed by atoms with E-state index in [1.165, 1.54) is 14.0 Å². The summed E-state index contributed by atoms with van der Waals surface area (Å²) in [7, 11) is 1.46. The number of ether oxygens (including phenoxy) is 4. The zero-order valence-corrected chi connectivity index (χ0v) is 20.0. The molecule has 0 aromatic heterocycles. The molecule has 1 unspecified atom stereocenters. The lowest BCUT2D eigenvalue weighted by Gasteiger charge is -2.36. The van der Waals surface area contributed by atoms with Crippen LogP contribution in [-0.2, 0) is 38.7 Å². The number of methoxy groups -OCH3 is 1. The topological polar surface area (TPSA) is 126 Å². The lowest BCUT2D eigenvalue weighted by Crippen LogP contribution is -2.49. The van der Waals surface area contributed by atoms with Crippen molar-refractivity contribution in [2.24, 2.45) is 5.73 Å². The van der Waals surface area contributed by atoms with Crippen LogP contribution >= 0.6 is 15.9 Å². The number of anilines is 1. The summed E-state index contributed by atoms with van der Waals surface area (Å²) in [6.07, 6.45) is 0. The van der Waals surface area contributed by atoms with E-state index in [0.717, 1.165) is 0 Å². The SMILES string of the molecule is COCCOC(=O)C1=C(N)OC(C)=C(C(=O)OC(C)(C)C)C12C(=O)Nc1ccc(Br)cc12. The summed E-state index contributed by atoms with van der Waals surface area (Å²) in [5.74, 6) is -2.65. The van der Waals surface area contributed by atoms with Crippen molar-refractivity contribution < 1.29 is 33.3 Å². The minimum absolute atomic E-state index is 0.0492. The molecular weight excluding hydrogens is 484 g/mol. The Morgan fingerprint density at radius 2 is 1.88 bits per heavy atom. The smallest absolute Gasteiger partial charge is 0.341 e. The lowest BCUT2D eigenvalue weighted by atomic mass is 9.67. The first kappa shape index (κ1) is 23.8. The number of hydrogen-bond donors (Lipinski definition) is 2. The van der Waals surface area contributed by atoms with Crippen molar-refractivity contribution in [1.82, 2.24) is 0 Å². The molecule has 0 aliphatic carbocycles. The average molecular weight is 509 g/mol. The Balaban J connectivity index is 2.29. The van der Waals surface area contributed by atoms with E-state index in [0.29, 0.717) is 15.7 Å². The largest absolute Gasteiger partial charge is 0.460 e. The Morgan fingerprint density at radius 3 is 2.50 bits per heavy atom. The number of nitrogens with one attached hydrogen (secondary N) is 1. The molecule has 0 bridgehead atoms. The average Bonchev–Trinajstić information content (AvgIpc) is 2.92. The Kier molecular flexibility index (Phi) is 6.39. The first-order chi connectivity index (χ1) is 14.9. The molecule has 1 aromatic carbocycles. The molecule has 3 rings (SSSR count). The molecule has 0 radical (unpaired) electrons. The fourth-order valence-corrected chi connectivity index (χ4v) is 4.14. The molecule has 2 aliphatic rings. The van der Waals surface area contributed by atoms with Gasteiger partial charge in [0.1, 0.15) is 34.5 Å². The highest BCUT2D eigenvalue weighted by Crippen LogP contribution is 2.53. The highest BCUT2D eigenvalue weighted by Gasteiger charge is 2.62. The molecule has 2 heterocycles. The summed E-state index contributed by atoms with van der Waals surface area (Å²) < 4.78 is 22.0. The van der Waals surface area contributed by atoms with E-state index in [1.807, 2.05) is 0 Å². The van der Waals surface area contributed by atoms with Gasteiger partial charge in [-0.2, -0.15) is 0 Å². The quantitative estimate of drug-likeness (QED) is 0.459. The zero-order valence-electron chi connectivity index (χ0n) is 18.5. The van der Waals surface area contributed by atoms with E-state index in [1.54, 1.807) is 39.0 Å². The standard InChI is InChI=1S/C22H25BrN2O7/c1-11-15(19(27)32-21(2,3)4)22(13-10-12(23)6-7-14(13)25-20(22)28)16(17(24)31-11)18(26)30-9-8-29-5/h6-7,10H,8-9,24H2,1-5H3,(H,25,28). The minimum Gasteiger partial charge on any atom is -0.460 e. The van der Waals surface area contributed by atoms with Gasteiger partial charge < -0.3 is 30.0 Å². The summed E-state index contributed by atoms with van der Waals surface area (Å²) in [4.78, 5) is 40.1. The van der Waals surface area contributed by atoms with Crippen LogP contribution in [0.5, 0.6) is 0 Å². The third-order valence-electron chi connectivity index (χ3n) is 4.91. The molecule has 0 saturated carbocycles. The van der Waals surface area contributed by atoms with Crippen molar-refractivity contribution in [1.29, 1.82) is 0 Å². The second kappa shape index (κ2) is 8.59. The third kappa shape index (κ3) is 4.00. The maximum Gasteiger partial charge on any atom is 0.341 e. The summed E-state index contributed by atoms with van der Waals surface area (Å²) in [6, 6.07) is 5.03. The van der Waals surface area contributed by atoms with Crippen molar-refractivity contribution in [3.05, 3.63) is 51.0 Å². The van der Waals surface area contributed by atoms with Crippen molar-refractivity contribution in [3.63, 3.8) is 0 Å². The van der Waals surface area contributed by atoms with Crippen LogP contribution in [0.2, 0.25) is 0 Å². The molecule has 1 spiro atoms. The monoisotopic (exact) mass is 508 g/mol. The molecule has 0 fully saturated rings. The van der Waals surface area contributed by atoms with Crippen LogP contribution in [0.25, 0.3) is 0 Å². The molecule has 1 atom stereocenters. The molecule has 1 amide bonds. The maximum absolute atomic E-state index is 13.6. The van der Waals surface area contributed by atoms with Crippen molar-refractivity contribution >= 4 is 39.5 Å². The van der Waals surface area contributed by atoms with Crippen LogP contribution in [0.15, 0.2) is 45.5 Å². The van der Waals surface area contributed by atoms with Gasteiger partial charge in [-0.3, -0.25) is 4.79 Å². The first-order valence-electron chi connectivity index (χ1n) is 9.83. The van der Waals surface area contributed by atoms with E-state index < -0.39 is 28.9 Å². The lowest BCUT2D eigenvalue weighted by molar-refractivity contribution is -0.152. The number of fused-ring (bicyclic) bond motifs is 2. The molecule has 1 aromatic rings. The van der Waals surface area contributed by atoms with E-state index in [2.05, 4.69) is 21.2 Å². The molecule has 0 saturated heterocycles. The van der Waals surface area contributed by atoms with Gasteiger partial charge in [0.25, 0.3) is 0 Å². The summed E-state index contributed by atoms with van der Waals surface area (Å²) in [6.45, 7) is 6.63. The van der Waals surface area contributed by atoms with Gasteiger partial charge in [0.2, 0.25) is 11.8 Å². The van der Waals surface area contributed by atoms with Crippen LogP contribution in [0.4, 0.5) is 5.69 Å². The summed E-state index contributed by atoms with van der Waals surface area (Å²) in [5, 5.41) is 2.75. The van der Waals surface area contributed by atoms with Crippen LogP contribution < -0.4 is 11.1 Å². The predicted octanol–water partition coefficient (Wildman–Crippen LogP) is 2.64. The molecule has 32 heavy (non-hydrogen) atoms. The number of halogens is 1. The van der Waals surface area contributed by atoms with Gasteiger partial charge in [-0.15, -0.1) is 0 Å². The Hall–Kier alpha value is -2.85. The number of nitrogens with two attached hydrogens (primary N) is 1. The number of amides is 1. The Labute approximate surface area is 194 Å². The Bertz CT molecular complexity index is 1050. The fraction of sp³-hybridized carbons (Fsp3) is 0.409. The molecule has 3 N–H and O–H groups in total. The van der Waals surface area contributed by atoms with Crippen molar-refractivity contribution in [2.45, 2.75) is 38.7 Å². The first-order valence-corrected chi connectivity index (χ1v) is 10.6. The molecule has 172 valence electrons. The van der Waals surface area contributed by atoms with E-state index in [-0.39, 0.29) is 36.0 Å². The van der Waals surface area contributed by atoms with Crippen LogP contribution in [-0.4, -0.2) is 43.8 Å². The second-order valence-corrected chi connectivity index (χ2v) is 9.21. The molecule has 10 heteroatoms. The van der Waals surface area contributed by atoms with Crippen molar-refractivity contribution in [3.8, 4) is 0 Å². The normalized spacial score (nSPS) is 20.1. The van der Waals surface area contributed by atoms with E-state index in [9.17, 15) is 14.4 Å². The zero-order chi connectivity index (χ0) is 23.8. The number of carbonyl (C=O) groups excluding carboxylic acids is 3. The number of hydrogen-bond acceptors (Lipinski definition) is 8. The maximum atomic E-state index is 13.6. The van der Waals surface area contributed by atoms with Crippen LogP contribution in [0.3, 0.4) is 0 Å². The van der Waals surface area contributed by atoms with Gasteiger partial charge in [0.05, 0.1) is 6.61 Å². The van der Waals surface area contributed by atoms with Crippen LogP contribution in [0, 0.1) is 0 Å². The van der Waals surface area contributed by atoms with E-state index >= 15 is 0 Å². The third-order valence-corrected chi connectivity index (χ3v) is 5.41. The van der Waals surface area contributed by atoms with Gasteiger partial charge in [-0.1, -0.05) is 15.9 Å². The predicted molar refractivity (Wildman–Crippen MR) is 118 cm³/mol. The number of benzene rings is 1. The fourth-order valence-electron chi connectivity index (χ4n) is 3.78. The summed E-state index contributed by atoms with van der Waals surface area (Å²) in [5.41, 5.74) is 3.67. The van der Waals surface area contributed by atoms with Gasteiger partial charge in [-0.25, -0.2) is 9.59 Å². The number of carbonyl (C=O) groups is 3. The highest BCUT2D eigenvalue weighted by atomic mass is 79.9. The number of rotatable bonds is 5. The van der Waals surface area contributed by atoms with Gasteiger partial charge in [-0.05, 0) is 45.9 Å². The second-order valence-electron chi connectivity index (χ2n) is 8.30. The van der Waals surface area contributed by atoms with Gasteiger partial charge >= 0.3 is 11.9 Å². The molecular formula is C22H25BrN2O7. The van der Waals surface area contributed by atoms with E-state index in [4.69, 9.17) is 24.7 Å². The van der Waals surface area contributed by atoms with Gasteiger partial charge in [0.15, 0.2) is 0 Å². The number of allylic oxidation sites excluding steroid dienone is 1. The minimum atomic E-state index is -1.92. The number of esters is 2. The Morgan fingerprint density at radius 1 is 1.19 bits per heavy atom. The summed E-state index contributed by atoms with van der Waals surface area (Å²) >= 11 is 3.40. The van der Waals surface area contributed by atoms with Crippen molar-refractivity contribution in [2.75, 3.05) is 25.6 Å². The highest BCUT2D eigenvalue weighted by molar-refractivity contribution is 9.10. The molecule has 2 aliphatic heterocycles.